The maximum Gasteiger partial charge on any atom is 0.241 e. The molecule has 0 bridgehead atoms. The van der Waals surface area contributed by atoms with Crippen LogP contribution in [0.3, 0.4) is 0 Å². The topological polar surface area (TPSA) is 37.4 Å². The zero-order valence-corrected chi connectivity index (χ0v) is 18.8. The molecule has 0 unspecified atom stereocenters. The van der Waals surface area contributed by atoms with Crippen molar-refractivity contribution in [1.82, 2.24) is 0 Å². The van der Waals surface area contributed by atoms with Crippen molar-refractivity contribution in [2.75, 3.05) is 4.90 Å². The number of halogens is 1. The van der Waals surface area contributed by atoms with Crippen LogP contribution < -0.4 is 4.90 Å². The van der Waals surface area contributed by atoms with Crippen LogP contribution in [0.15, 0.2) is 91.0 Å². The van der Waals surface area contributed by atoms with Gasteiger partial charge >= 0.3 is 0 Å². The third-order valence-electron chi connectivity index (χ3n) is 7.14. The summed E-state index contributed by atoms with van der Waals surface area (Å²) in [5.41, 5.74) is 2.47. The molecule has 0 saturated carbocycles. The molecule has 5 rings (SSSR count). The Morgan fingerprint density at radius 3 is 2.09 bits per heavy atom. The number of hydrogen-bond donors (Lipinski definition) is 0. The van der Waals surface area contributed by atoms with Gasteiger partial charge in [-0.15, -0.1) is 0 Å². The van der Waals surface area contributed by atoms with Gasteiger partial charge in [-0.05, 0) is 42.7 Å². The Morgan fingerprint density at radius 1 is 0.812 bits per heavy atom. The Labute approximate surface area is 193 Å². The van der Waals surface area contributed by atoms with Gasteiger partial charge in [0.05, 0.1) is 17.0 Å². The summed E-state index contributed by atoms with van der Waals surface area (Å²) in [7, 11) is 0. The lowest BCUT2D eigenvalue weighted by molar-refractivity contribution is -0.127. The number of rotatable bonds is 3. The minimum atomic E-state index is -0.914. The number of fused-ring (bicyclic) bond motifs is 1. The molecule has 2 aliphatic rings. The van der Waals surface area contributed by atoms with Crippen molar-refractivity contribution < 1.29 is 9.59 Å². The molecule has 32 heavy (non-hydrogen) atoms. The van der Waals surface area contributed by atoms with E-state index in [4.69, 9.17) is 11.6 Å². The highest BCUT2D eigenvalue weighted by atomic mass is 35.5. The van der Waals surface area contributed by atoms with Gasteiger partial charge in [0.25, 0.3) is 0 Å². The fourth-order valence-corrected chi connectivity index (χ4v) is 5.60. The molecular weight excluding hydrogens is 418 g/mol. The number of imide groups is 1. The van der Waals surface area contributed by atoms with E-state index in [2.05, 4.69) is 12.2 Å². The molecular formula is C28H24ClNO2. The van der Waals surface area contributed by atoms with Crippen molar-refractivity contribution in [3.8, 4) is 0 Å². The molecule has 160 valence electrons. The second-order valence-electron chi connectivity index (χ2n) is 8.83. The number of nitrogens with zero attached hydrogens (tertiary/aromatic N) is 1. The molecule has 0 N–H and O–H groups in total. The van der Waals surface area contributed by atoms with Crippen molar-refractivity contribution in [3.63, 3.8) is 0 Å². The fourth-order valence-electron chi connectivity index (χ4n) is 5.43. The van der Waals surface area contributed by atoms with Gasteiger partial charge < -0.3 is 0 Å². The first-order valence-electron chi connectivity index (χ1n) is 10.9. The Hall–Kier alpha value is -3.17. The van der Waals surface area contributed by atoms with Crippen molar-refractivity contribution >= 4 is 29.1 Å². The average Bonchev–Trinajstić information content (AvgIpc) is 3.02. The molecule has 1 aliphatic carbocycles. The lowest BCUT2D eigenvalue weighted by Gasteiger charge is -2.41. The highest BCUT2D eigenvalue weighted by Crippen LogP contribution is 2.58. The van der Waals surface area contributed by atoms with E-state index in [-0.39, 0.29) is 23.7 Å². The second-order valence-corrected chi connectivity index (χ2v) is 9.24. The van der Waals surface area contributed by atoms with Crippen LogP contribution in [-0.2, 0) is 9.59 Å². The van der Waals surface area contributed by atoms with Crippen LogP contribution in [0.25, 0.3) is 0 Å². The molecule has 1 heterocycles. The Morgan fingerprint density at radius 2 is 1.44 bits per heavy atom. The van der Waals surface area contributed by atoms with E-state index in [0.29, 0.717) is 10.7 Å². The molecule has 3 aromatic rings. The summed E-state index contributed by atoms with van der Waals surface area (Å²) in [6.45, 7) is 3.80. The highest BCUT2D eigenvalue weighted by molar-refractivity contribution is 6.32. The van der Waals surface area contributed by atoms with Gasteiger partial charge in [-0.2, -0.15) is 0 Å². The Kier molecular flexibility index (Phi) is 5.02. The molecule has 3 nitrogen and oxygen atoms in total. The standard InChI is InChI=1S/C28H24ClNO2/c1-18-23(29)14-9-15-24(18)30-26(31)25-21(19-10-5-3-6-11-19)16-17-22(28(25,2)27(30)32)20-12-7-4-8-13-20/h3-17,21-22,25H,1-2H3/t21-,22+,25-,28+/m0/s1. The number of anilines is 1. The second kappa shape index (κ2) is 7.75. The largest absolute Gasteiger partial charge is 0.274 e. The first-order valence-corrected chi connectivity index (χ1v) is 11.2. The van der Waals surface area contributed by atoms with Gasteiger partial charge in [-0.25, -0.2) is 4.90 Å². The Balaban J connectivity index is 1.71. The van der Waals surface area contributed by atoms with Crippen LogP contribution in [-0.4, -0.2) is 11.8 Å². The minimum absolute atomic E-state index is 0.165. The summed E-state index contributed by atoms with van der Waals surface area (Å²) in [5.74, 6) is -1.22. The van der Waals surface area contributed by atoms with E-state index in [1.165, 1.54) is 4.90 Å². The van der Waals surface area contributed by atoms with Crippen molar-refractivity contribution in [1.29, 1.82) is 0 Å². The van der Waals surface area contributed by atoms with Gasteiger partial charge in [0.1, 0.15) is 0 Å². The van der Waals surface area contributed by atoms with Crippen LogP contribution in [0.5, 0.6) is 0 Å². The lowest BCUT2D eigenvalue weighted by atomic mass is 9.58. The first-order chi connectivity index (χ1) is 15.4. The maximum absolute atomic E-state index is 14.1. The minimum Gasteiger partial charge on any atom is -0.274 e. The number of carbonyl (C=O) groups is 2. The predicted molar refractivity (Wildman–Crippen MR) is 128 cm³/mol. The van der Waals surface area contributed by atoms with Gasteiger partial charge in [0.15, 0.2) is 0 Å². The van der Waals surface area contributed by atoms with E-state index in [0.717, 1.165) is 16.7 Å². The van der Waals surface area contributed by atoms with Gasteiger partial charge in [-0.3, -0.25) is 9.59 Å². The van der Waals surface area contributed by atoms with Crippen molar-refractivity contribution in [3.05, 3.63) is 113 Å². The fraction of sp³-hybridized carbons (Fsp3) is 0.214. The highest BCUT2D eigenvalue weighted by Gasteiger charge is 2.63. The number of allylic oxidation sites excluding steroid dienone is 2. The zero-order chi connectivity index (χ0) is 22.5. The summed E-state index contributed by atoms with van der Waals surface area (Å²) in [4.78, 5) is 29.5. The zero-order valence-electron chi connectivity index (χ0n) is 18.0. The summed E-state index contributed by atoms with van der Waals surface area (Å²) in [5, 5.41) is 0.542. The first kappa shape index (κ1) is 20.7. The molecule has 4 heteroatoms. The maximum atomic E-state index is 14.1. The third kappa shape index (κ3) is 2.96. The molecule has 1 aliphatic heterocycles. The van der Waals surface area contributed by atoms with E-state index in [1.54, 1.807) is 18.2 Å². The quantitative estimate of drug-likeness (QED) is 0.354. The number of hydrogen-bond acceptors (Lipinski definition) is 2. The monoisotopic (exact) mass is 441 g/mol. The molecule has 0 spiro atoms. The summed E-state index contributed by atoms with van der Waals surface area (Å²) in [6.07, 6.45) is 4.22. The summed E-state index contributed by atoms with van der Waals surface area (Å²) >= 11 is 6.36. The molecule has 1 fully saturated rings. The van der Waals surface area contributed by atoms with Crippen molar-refractivity contribution in [2.24, 2.45) is 11.3 Å². The molecule has 0 radical (unpaired) electrons. The van der Waals surface area contributed by atoms with E-state index < -0.39 is 11.3 Å². The van der Waals surface area contributed by atoms with Gasteiger partial charge in [0, 0.05) is 16.9 Å². The van der Waals surface area contributed by atoms with E-state index in [1.807, 2.05) is 74.5 Å². The number of benzene rings is 3. The smallest absolute Gasteiger partial charge is 0.241 e. The van der Waals surface area contributed by atoms with Crippen LogP contribution >= 0.6 is 11.6 Å². The average molecular weight is 442 g/mol. The van der Waals surface area contributed by atoms with Gasteiger partial charge in [-0.1, -0.05) is 90.5 Å². The third-order valence-corrected chi connectivity index (χ3v) is 7.55. The van der Waals surface area contributed by atoms with Crippen molar-refractivity contribution in [2.45, 2.75) is 25.7 Å². The molecule has 1 saturated heterocycles. The molecule has 0 aromatic heterocycles. The number of carbonyl (C=O) groups excluding carboxylic acids is 2. The predicted octanol–water partition coefficient (Wildman–Crippen LogP) is 6.28. The molecule has 4 atom stereocenters. The number of amides is 2. The van der Waals surface area contributed by atoms with Crippen LogP contribution in [0.1, 0.15) is 35.4 Å². The SMILES string of the molecule is Cc1c(Cl)cccc1N1C(=O)[C@@H]2[C@H](c3ccccc3)C=C[C@H](c3ccccc3)[C@@]2(C)C1=O. The van der Waals surface area contributed by atoms with Crippen LogP contribution in [0.4, 0.5) is 5.69 Å². The molecule has 3 aromatic carbocycles. The van der Waals surface area contributed by atoms with Crippen LogP contribution in [0.2, 0.25) is 5.02 Å². The summed E-state index contributed by atoms with van der Waals surface area (Å²) < 4.78 is 0. The Bertz CT molecular complexity index is 1220. The lowest BCUT2D eigenvalue weighted by Crippen LogP contribution is -2.42. The van der Waals surface area contributed by atoms with E-state index >= 15 is 0 Å². The normalized spacial score (nSPS) is 27.0. The molecule has 2 amide bonds. The van der Waals surface area contributed by atoms with Crippen LogP contribution in [0, 0.1) is 18.3 Å². The van der Waals surface area contributed by atoms with E-state index in [9.17, 15) is 9.59 Å². The summed E-state index contributed by atoms with van der Waals surface area (Å²) in [6, 6.07) is 25.3. The van der Waals surface area contributed by atoms with Gasteiger partial charge in [0.2, 0.25) is 11.8 Å².